The molecule has 3 aromatic heterocycles. The highest BCUT2D eigenvalue weighted by Crippen LogP contribution is 2.18. The van der Waals surface area contributed by atoms with E-state index in [1.165, 1.54) is 4.68 Å². The number of hydrogen-bond donors (Lipinski definition) is 1. The smallest absolute Gasteiger partial charge is 0.275 e. The topological polar surface area (TPSA) is 99.0 Å². The van der Waals surface area contributed by atoms with Crippen molar-refractivity contribution in [1.29, 1.82) is 0 Å². The molecule has 0 aliphatic heterocycles. The summed E-state index contributed by atoms with van der Waals surface area (Å²) in [5.41, 5.74) is 2.02. The minimum Gasteiger partial charge on any atom is -0.392 e. The van der Waals surface area contributed by atoms with E-state index < -0.39 is 0 Å². The maximum Gasteiger partial charge on any atom is 0.275 e. The molecule has 8 heteroatoms. The van der Waals surface area contributed by atoms with Gasteiger partial charge in [0.05, 0.1) is 24.4 Å². The number of benzene rings is 1. The Morgan fingerprint density at radius 1 is 1.20 bits per heavy atom. The lowest BCUT2D eigenvalue weighted by molar-refractivity contribution is 0.282. The minimum atomic E-state index is -0.221. The van der Waals surface area contributed by atoms with Crippen LogP contribution in [-0.2, 0) is 20.2 Å². The Morgan fingerprint density at radius 3 is 2.84 bits per heavy atom. The lowest BCUT2D eigenvalue weighted by atomic mass is 10.1. The van der Waals surface area contributed by atoms with E-state index in [2.05, 4.69) is 15.4 Å². The third kappa shape index (κ3) is 2.83. The number of aryl methyl sites for hydroxylation is 1. The van der Waals surface area contributed by atoms with Crippen LogP contribution in [0, 0.1) is 0 Å². The van der Waals surface area contributed by atoms with E-state index in [-0.39, 0.29) is 18.7 Å². The number of nitrogens with zero attached hydrogens (tertiary/aromatic N) is 5. The van der Waals surface area contributed by atoms with Crippen LogP contribution in [0.5, 0.6) is 0 Å². The average Bonchev–Trinajstić information content (AvgIpc) is 3.26. The van der Waals surface area contributed by atoms with Crippen LogP contribution in [0.15, 0.2) is 52.2 Å². The molecule has 4 rings (SSSR count). The highest BCUT2D eigenvalue weighted by atomic mass is 16.5. The molecule has 1 N–H and O–H groups in total. The third-order valence-electron chi connectivity index (χ3n) is 3.96. The van der Waals surface area contributed by atoms with Gasteiger partial charge in [-0.15, -0.1) is 0 Å². The second kappa shape index (κ2) is 5.99. The SMILES string of the molecule is Cn1cc(-c2cc(Cn3ncc4cc(CO)ccc4c3=O)on2)cn1. The Hall–Kier alpha value is -3.26. The lowest BCUT2D eigenvalue weighted by Gasteiger charge is -2.04. The summed E-state index contributed by atoms with van der Waals surface area (Å²) in [6, 6.07) is 6.94. The van der Waals surface area contributed by atoms with Gasteiger partial charge >= 0.3 is 0 Å². The summed E-state index contributed by atoms with van der Waals surface area (Å²) in [5.74, 6) is 0.528. The zero-order valence-corrected chi connectivity index (χ0v) is 13.5. The van der Waals surface area contributed by atoms with Gasteiger partial charge in [-0.3, -0.25) is 9.48 Å². The molecule has 0 fully saturated rings. The normalized spacial score (nSPS) is 11.3. The molecule has 1 aromatic carbocycles. The Labute approximate surface area is 141 Å². The highest BCUT2D eigenvalue weighted by molar-refractivity contribution is 5.81. The first-order valence-electron chi connectivity index (χ1n) is 7.68. The number of hydrogen-bond acceptors (Lipinski definition) is 6. The van der Waals surface area contributed by atoms with Gasteiger partial charge in [0.2, 0.25) is 0 Å². The summed E-state index contributed by atoms with van der Waals surface area (Å²) >= 11 is 0. The lowest BCUT2D eigenvalue weighted by Crippen LogP contribution is -2.23. The Bertz CT molecular complexity index is 1110. The van der Waals surface area contributed by atoms with Crippen LogP contribution in [0.25, 0.3) is 22.0 Å². The van der Waals surface area contributed by atoms with Gasteiger partial charge in [0, 0.05) is 30.3 Å². The highest BCUT2D eigenvalue weighted by Gasteiger charge is 2.11. The number of rotatable bonds is 4. The zero-order chi connectivity index (χ0) is 17.4. The first-order valence-corrected chi connectivity index (χ1v) is 7.68. The maximum atomic E-state index is 12.6. The molecule has 0 atom stereocenters. The van der Waals surface area contributed by atoms with Crippen LogP contribution < -0.4 is 5.56 Å². The van der Waals surface area contributed by atoms with Crippen molar-refractivity contribution in [2.75, 3.05) is 0 Å². The monoisotopic (exact) mass is 337 g/mol. The first-order chi connectivity index (χ1) is 12.1. The molecule has 126 valence electrons. The molecule has 0 bridgehead atoms. The van der Waals surface area contributed by atoms with Gasteiger partial charge in [-0.25, -0.2) is 4.68 Å². The zero-order valence-electron chi connectivity index (χ0n) is 13.5. The van der Waals surface area contributed by atoms with E-state index >= 15 is 0 Å². The van der Waals surface area contributed by atoms with E-state index in [1.807, 2.05) is 13.2 Å². The Kier molecular flexibility index (Phi) is 3.66. The number of aliphatic hydroxyl groups is 1. The van der Waals surface area contributed by atoms with Crippen molar-refractivity contribution in [2.45, 2.75) is 13.2 Å². The van der Waals surface area contributed by atoms with Gasteiger partial charge < -0.3 is 9.63 Å². The summed E-state index contributed by atoms with van der Waals surface area (Å²) in [6.07, 6.45) is 5.13. The van der Waals surface area contributed by atoms with Crippen LogP contribution in [0.1, 0.15) is 11.3 Å². The van der Waals surface area contributed by atoms with Crippen LogP contribution in [-0.4, -0.2) is 29.8 Å². The Balaban J connectivity index is 1.66. The molecule has 0 saturated heterocycles. The second-order valence-electron chi connectivity index (χ2n) is 5.77. The van der Waals surface area contributed by atoms with E-state index in [9.17, 15) is 9.90 Å². The summed E-state index contributed by atoms with van der Waals surface area (Å²) < 4.78 is 8.32. The molecule has 0 unspecified atom stereocenters. The van der Waals surface area contributed by atoms with Gasteiger partial charge in [0.15, 0.2) is 5.76 Å². The minimum absolute atomic E-state index is 0.0752. The fraction of sp³-hybridized carbons (Fsp3) is 0.176. The molecule has 0 spiro atoms. The molecule has 4 aromatic rings. The molecular weight excluding hydrogens is 322 g/mol. The Morgan fingerprint density at radius 2 is 2.08 bits per heavy atom. The number of aromatic nitrogens is 5. The molecule has 8 nitrogen and oxygen atoms in total. The van der Waals surface area contributed by atoms with E-state index in [0.717, 1.165) is 11.1 Å². The fourth-order valence-corrected chi connectivity index (χ4v) is 2.67. The summed E-state index contributed by atoms with van der Waals surface area (Å²) in [7, 11) is 1.82. The molecule has 0 amide bonds. The van der Waals surface area contributed by atoms with Gasteiger partial charge in [0.25, 0.3) is 5.56 Å². The van der Waals surface area contributed by atoms with Gasteiger partial charge in [0.1, 0.15) is 12.2 Å². The van der Waals surface area contributed by atoms with Crippen molar-refractivity contribution in [3.63, 3.8) is 0 Å². The third-order valence-corrected chi connectivity index (χ3v) is 3.96. The van der Waals surface area contributed by atoms with Crippen LogP contribution in [0.3, 0.4) is 0 Å². The molecule has 25 heavy (non-hydrogen) atoms. The summed E-state index contributed by atoms with van der Waals surface area (Å²) in [4.78, 5) is 12.6. The second-order valence-corrected chi connectivity index (χ2v) is 5.77. The largest absolute Gasteiger partial charge is 0.392 e. The van der Waals surface area contributed by atoms with Gasteiger partial charge in [-0.05, 0) is 17.7 Å². The summed E-state index contributed by atoms with van der Waals surface area (Å²) in [6.45, 7) is 0.109. The predicted octanol–water partition coefficient (Wildman–Crippen LogP) is 1.33. The van der Waals surface area contributed by atoms with Crippen molar-refractivity contribution in [1.82, 2.24) is 24.7 Å². The number of fused-ring (bicyclic) bond motifs is 1. The predicted molar refractivity (Wildman–Crippen MR) is 89.7 cm³/mol. The number of aliphatic hydroxyl groups excluding tert-OH is 1. The van der Waals surface area contributed by atoms with Crippen molar-refractivity contribution < 1.29 is 9.63 Å². The van der Waals surface area contributed by atoms with Crippen molar-refractivity contribution >= 4 is 10.8 Å². The van der Waals surface area contributed by atoms with Crippen molar-refractivity contribution in [3.8, 4) is 11.3 Å². The molecule has 0 saturated carbocycles. The standard InChI is InChI=1S/C17H15N5O3/c1-21-8-13(7-18-21)16-5-14(25-20-16)9-22-17(24)15-3-2-11(10-23)4-12(15)6-19-22/h2-8,23H,9-10H2,1H3. The van der Waals surface area contributed by atoms with Gasteiger partial charge in [-0.2, -0.15) is 10.2 Å². The molecule has 0 radical (unpaired) electrons. The molecule has 0 aliphatic rings. The van der Waals surface area contributed by atoms with E-state index in [1.54, 1.807) is 41.3 Å². The summed E-state index contributed by atoms with van der Waals surface area (Å²) in [5, 5.41) is 22.7. The maximum absolute atomic E-state index is 12.6. The van der Waals surface area contributed by atoms with E-state index in [0.29, 0.717) is 22.2 Å². The molecule has 3 heterocycles. The van der Waals surface area contributed by atoms with Crippen LogP contribution in [0.4, 0.5) is 0 Å². The van der Waals surface area contributed by atoms with Crippen LogP contribution >= 0.6 is 0 Å². The quantitative estimate of drug-likeness (QED) is 0.603. The van der Waals surface area contributed by atoms with E-state index in [4.69, 9.17) is 4.52 Å². The first kappa shape index (κ1) is 15.3. The van der Waals surface area contributed by atoms with Gasteiger partial charge in [-0.1, -0.05) is 11.2 Å². The molecule has 0 aliphatic carbocycles. The van der Waals surface area contributed by atoms with Crippen molar-refractivity contribution in [2.24, 2.45) is 7.05 Å². The van der Waals surface area contributed by atoms with Crippen molar-refractivity contribution in [3.05, 3.63) is 64.5 Å². The average molecular weight is 337 g/mol. The molecular formula is C17H15N5O3. The van der Waals surface area contributed by atoms with Crippen LogP contribution in [0.2, 0.25) is 0 Å². The fourth-order valence-electron chi connectivity index (χ4n) is 2.67.